The van der Waals surface area contributed by atoms with Gasteiger partial charge in [-0.1, -0.05) is 23.2 Å². The van der Waals surface area contributed by atoms with E-state index in [1.165, 1.54) is 7.11 Å². The normalized spacial score (nSPS) is 14.8. The Morgan fingerprint density at radius 3 is 2.64 bits per heavy atom. The van der Waals surface area contributed by atoms with Crippen LogP contribution in [0.4, 0.5) is 0 Å². The van der Waals surface area contributed by atoms with E-state index in [1.807, 2.05) is 0 Å². The van der Waals surface area contributed by atoms with Gasteiger partial charge < -0.3 is 14.4 Å². The molecule has 7 heteroatoms. The maximum atomic E-state index is 6.37. The van der Waals surface area contributed by atoms with E-state index in [9.17, 15) is 0 Å². The van der Waals surface area contributed by atoms with Crippen LogP contribution in [0.1, 0.15) is 11.3 Å². The fourth-order valence-corrected chi connectivity index (χ4v) is 3.49. The van der Waals surface area contributed by atoms with Crippen molar-refractivity contribution in [2.24, 2.45) is 0 Å². The Kier molecular flexibility index (Phi) is 4.21. The third kappa shape index (κ3) is 2.43. The first-order valence-corrected chi connectivity index (χ1v) is 7.67. The molecule has 0 spiro atoms. The first kappa shape index (κ1) is 15.5. The smallest absolute Gasteiger partial charge is 0.159 e. The zero-order valence-electron chi connectivity index (χ0n) is 12.7. The molecule has 0 atom stereocenters. The van der Waals surface area contributed by atoms with Gasteiger partial charge in [-0.2, -0.15) is 5.10 Å². The number of methoxy groups -OCH3 is 2. The molecule has 0 amide bonds. The highest BCUT2D eigenvalue weighted by Gasteiger charge is 2.26. The summed E-state index contributed by atoms with van der Waals surface area (Å²) in [5.74, 6) is 0.927. The first-order valence-electron chi connectivity index (χ1n) is 6.91. The van der Waals surface area contributed by atoms with Gasteiger partial charge in [0.2, 0.25) is 0 Å². The van der Waals surface area contributed by atoms with Crippen LogP contribution in [0.2, 0.25) is 10.0 Å². The van der Waals surface area contributed by atoms with Gasteiger partial charge in [-0.05, 0) is 13.1 Å². The second-order valence-corrected chi connectivity index (χ2v) is 6.09. The van der Waals surface area contributed by atoms with Crippen molar-refractivity contribution in [2.75, 3.05) is 27.8 Å². The van der Waals surface area contributed by atoms with Crippen molar-refractivity contribution in [2.45, 2.75) is 13.0 Å². The topological polar surface area (TPSA) is 50.4 Å². The van der Waals surface area contributed by atoms with Crippen LogP contribution in [0.3, 0.4) is 0 Å². The van der Waals surface area contributed by atoms with Crippen molar-refractivity contribution >= 4 is 23.2 Å². The lowest BCUT2D eigenvalue weighted by molar-refractivity contribution is 0.312. The molecule has 3 rings (SSSR count). The van der Waals surface area contributed by atoms with E-state index in [1.54, 1.807) is 13.2 Å². The Bertz CT molecular complexity index is 715. The van der Waals surface area contributed by atoms with Gasteiger partial charge in [-0.25, -0.2) is 0 Å². The van der Waals surface area contributed by atoms with Gasteiger partial charge in [0.25, 0.3) is 0 Å². The lowest BCUT2D eigenvalue weighted by Crippen LogP contribution is -2.26. The molecule has 0 fully saturated rings. The highest BCUT2D eigenvalue weighted by Crippen LogP contribution is 2.46. The minimum Gasteiger partial charge on any atom is -0.494 e. The van der Waals surface area contributed by atoms with Crippen LogP contribution in [-0.2, 0) is 13.0 Å². The summed E-state index contributed by atoms with van der Waals surface area (Å²) in [6.45, 7) is 1.83. The van der Waals surface area contributed by atoms with Crippen molar-refractivity contribution in [1.82, 2.24) is 15.1 Å². The summed E-state index contributed by atoms with van der Waals surface area (Å²) in [4.78, 5) is 2.25. The van der Waals surface area contributed by atoms with Crippen LogP contribution in [0.5, 0.6) is 11.5 Å². The Hall–Kier alpha value is -1.43. The van der Waals surface area contributed by atoms with Crippen LogP contribution in [0, 0.1) is 0 Å². The largest absolute Gasteiger partial charge is 0.494 e. The first-order chi connectivity index (χ1) is 10.6. The van der Waals surface area contributed by atoms with Crippen LogP contribution in [0.25, 0.3) is 11.3 Å². The predicted octanol–water partition coefficient (Wildman–Crippen LogP) is 3.39. The lowest BCUT2D eigenvalue weighted by atomic mass is 10.0. The lowest BCUT2D eigenvalue weighted by Gasteiger charge is -2.23. The maximum Gasteiger partial charge on any atom is 0.159 e. The number of ether oxygens (including phenoxy) is 2. The van der Waals surface area contributed by atoms with Crippen molar-refractivity contribution in [3.05, 3.63) is 27.4 Å². The van der Waals surface area contributed by atoms with Gasteiger partial charge in [0.1, 0.15) is 10.7 Å². The van der Waals surface area contributed by atoms with Crippen LogP contribution in [-0.4, -0.2) is 42.9 Å². The van der Waals surface area contributed by atoms with E-state index < -0.39 is 0 Å². The quantitative estimate of drug-likeness (QED) is 0.929. The average molecular weight is 342 g/mol. The standard InChI is InChI=1S/C15H17Cl2N3O2/c1-20-5-4-11-9(7-20)13(19-18-11)8-6-10(16)15(22-3)12(17)14(8)21-2/h6H,4-5,7H2,1-3H3,(H,18,19). The molecule has 1 aromatic carbocycles. The molecule has 0 bridgehead atoms. The second-order valence-electron chi connectivity index (χ2n) is 5.30. The number of likely N-dealkylation sites (N-methyl/N-ethyl adjacent to an activating group) is 1. The van der Waals surface area contributed by atoms with Crippen molar-refractivity contribution < 1.29 is 9.47 Å². The molecule has 1 aromatic heterocycles. The molecule has 0 saturated heterocycles. The number of nitrogens with zero attached hydrogens (tertiary/aromatic N) is 2. The Morgan fingerprint density at radius 1 is 1.23 bits per heavy atom. The summed E-state index contributed by atoms with van der Waals surface area (Å²) in [6, 6.07) is 1.79. The second kappa shape index (κ2) is 5.99. The molecule has 1 aliphatic heterocycles. The van der Waals surface area contributed by atoms with Crippen LogP contribution in [0.15, 0.2) is 6.07 Å². The molecule has 1 aliphatic rings. The highest BCUT2D eigenvalue weighted by atomic mass is 35.5. The molecule has 1 N–H and O–H groups in total. The van der Waals surface area contributed by atoms with Gasteiger partial charge >= 0.3 is 0 Å². The highest BCUT2D eigenvalue weighted by molar-refractivity contribution is 6.38. The molecule has 5 nitrogen and oxygen atoms in total. The fourth-order valence-electron chi connectivity index (χ4n) is 2.80. The van der Waals surface area contributed by atoms with E-state index in [2.05, 4.69) is 22.1 Å². The SMILES string of the molecule is COc1c(Cl)cc(-c2n[nH]c3c2CN(C)CC3)c(OC)c1Cl. The third-order valence-corrected chi connectivity index (χ3v) is 4.54. The Labute approximate surface area is 139 Å². The van der Waals surface area contributed by atoms with E-state index in [0.717, 1.165) is 42.0 Å². The van der Waals surface area contributed by atoms with E-state index in [4.69, 9.17) is 32.7 Å². The summed E-state index contributed by atoms with van der Waals surface area (Å²) in [7, 11) is 5.19. The number of rotatable bonds is 3. The van der Waals surface area contributed by atoms with Crippen molar-refractivity contribution in [3.8, 4) is 22.8 Å². The van der Waals surface area contributed by atoms with Gasteiger partial charge in [-0.3, -0.25) is 5.10 Å². The monoisotopic (exact) mass is 341 g/mol. The Balaban J connectivity index is 2.19. The number of fused-ring (bicyclic) bond motifs is 1. The summed E-state index contributed by atoms with van der Waals surface area (Å²) >= 11 is 12.6. The number of nitrogens with one attached hydrogen (secondary N) is 1. The summed E-state index contributed by atoms with van der Waals surface area (Å²) in [5.41, 5.74) is 3.90. The van der Waals surface area contributed by atoms with Gasteiger partial charge in [0.15, 0.2) is 11.5 Å². The molecule has 0 unspecified atom stereocenters. The molecule has 22 heavy (non-hydrogen) atoms. The molecule has 2 heterocycles. The fraction of sp³-hybridized carbons (Fsp3) is 0.400. The number of aromatic amines is 1. The molecular weight excluding hydrogens is 325 g/mol. The van der Waals surface area contributed by atoms with Crippen LogP contribution >= 0.6 is 23.2 Å². The zero-order chi connectivity index (χ0) is 15.9. The number of benzene rings is 1. The van der Waals surface area contributed by atoms with Crippen molar-refractivity contribution in [3.63, 3.8) is 0 Å². The summed E-state index contributed by atoms with van der Waals surface area (Å²) < 4.78 is 10.7. The van der Waals surface area contributed by atoms with Crippen molar-refractivity contribution in [1.29, 1.82) is 0 Å². The number of hydrogen-bond acceptors (Lipinski definition) is 4. The predicted molar refractivity (Wildman–Crippen MR) is 87.2 cm³/mol. The maximum absolute atomic E-state index is 6.37. The molecule has 0 aliphatic carbocycles. The number of aromatic nitrogens is 2. The number of H-pyrrole nitrogens is 1. The summed E-state index contributed by atoms with van der Waals surface area (Å²) in [6.07, 6.45) is 0.943. The minimum absolute atomic E-state index is 0.355. The van der Waals surface area contributed by atoms with Gasteiger partial charge in [0.05, 0.1) is 19.2 Å². The van der Waals surface area contributed by atoms with E-state index in [0.29, 0.717) is 21.5 Å². The molecule has 0 radical (unpaired) electrons. The zero-order valence-corrected chi connectivity index (χ0v) is 14.2. The minimum atomic E-state index is 0.355. The average Bonchev–Trinajstić information content (AvgIpc) is 2.90. The summed E-state index contributed by atoms with van der Waals surface area (Å²) in [5, 5.41) is 8.36. The van der Waals surface area contributed by atoms with E-state index in [-0.39, 0.29) is 0 Å². The molecular formula is C15H17Cl2N3O2. The molecule has 2 aromatic rings. The third-order valence-electron chi connectivity index (χ3n) is 3.92. The Morgan fingerprint density at radius 2 is 1.95 bits per heavy atom. The number of hydrogen-bond donors (Lipinski definition) is 1. The van der Waals surface area contributed by atoms with Gasteiger partial charge in [-0.15, -0.1) is 0 Å². The molecule has 118 valence electrons. The van der Waals surface area contributed by atoms with Gasteiger partial charge in [0, 0.05) is 36.3 Å². The van der Waals surface area contributed by atoms with Crippen LogP contribution < -0.4 is 9.47 Å². The van der Waals surface area contributed by atoms with E-state index >= 15 is 0 Å². The number of halogens is 2. The molecule has 0 saturated carbocycles.